The molecule has 1 saturated heterocycles. The molecule has 1 saturated carbocycles. The van der Waals surface area contributed by atoms with Gasteiger partial charge >= 0.3 is 0 Å². The van der Waals surface area contributed by atoms with Gasteiger partial charge in [0.15, 0.2) is 5.82 Å². The van der Waals surface area contributed by atoms with Gasteiger partial charge < -0.3 is 14.4 Å². The highest BCUT2D eigenvalue weighted by molar-refractivity contribution is 7.93. The van der Waals surface area contributed by atoms with E-state index in [0.717, 1.165) is 31.7 Å². The maximum absolute atomic E-state index is 13.6. The van der Waals surface area contributed by atoms with Crippen molar-refractivity contribution in [2.24, 2.45) is 0 Å². The molecule has 192 valence electrons. The van der Waals surface area contributed by atoms with Crippen LogP contribution in [0.3, 0.4) is 0 Å². The fraction of sp³-hybridized carbons (Fsp3) is 0.478. The van der Waals surface area contributed by atoms with Crippen molar-refractivity contribution in [3.63, 3.8) is 0 Å². The van der Waals surface area contributed by atoms with E-state index in [0.29, 0.717) is 48.3 Å². The summed E-state index contributed by atoms with van der Waals surface area (Å²) in [7, 11) is -0.792. The lowest BCUT2D eigenvalue weighted by atomic mass is 9.85. The lowest BCUT2D eigenvalue weighted by Gasteiger charge is -2.32. The second-order valence-electron chi connectivity index (χ2n) is 8.91. The van der Waals surface area contributed by atoms with Gasteiger partial charge in [0.1, 0.15) is 23.0 Å². The van der Waals surface area contributed by atoms with E-state index in [1.807, 2.05) is 0 Å². The van der Waals surface area contributed by atoms with Crippen LogP contribution in [0.1, 0.15) is 43.8 Å². The number of aromatic nitrogens is 5. The van der Waals surface area contributed by atoms with Crippen LogP contribution < -0.4 is 19.1 Å². The number of benzene rings is 1. The highest BCUT2D eigenvalue weighted by Crippen LogP contribution is 2.41. The quantitative estimate of drug-likeness (QED) is 0.480. The number of hydrogen-bond donors (Lipinski definition) is 1. The lowest BCUT2D eigenvalue weighted by Crippen LogP contribution is -2.45. The van der Waals surface area contributed by atoms with Gasteiger partial charge in [0, 0.05) is 19.0 Å². The van der Waals surface area contributed by atoms with Crippen LogP contribution in [0, 0.1) is 5.82 Å². The van der Waals surface area contributed by atoms with Crippen molar-refractivity contribution >= 4 is 21.9 Å². The Morgan fingerprint density at radius 3 is 2.33 bits per heavy atom. The van der Waals surface area contributed by atoms with E-state index in [4.69, 9.17) is 9.47 Å². The van der Waals surface area contributed by atoms with Crippen LogP contribution in [0.15, 0.2) is 30.6 Å². The Labute approximate surface area is 208 Å². The second-order valence-corrected chi connectivity index (χ2v) is 10.9. The first kappa shape index (κ1) is 24.2. The molecule has 2 aromatic heterocycles. The van der Waals surface area contributed by atoms with Gasteiger partial charge in [0.2, 0.25) is 21.9 Å². The molecule has 1 aliphatic heterocycles. The van der Waals surface area contributed by atoms with Crippen LogP contribution in [-0.2, 0) is 10.0 Å². The molecule has 1 aromatic carbocycles. The van der Waals surface area contributed by atoms with Crippen LogP contribution in [0.4, 0.5) is 16.3 Å². The lowest BCUT2D eigenvalue weighted by molar-refractivity contribution is 0.379. The van der Waals surface area contributed by atoms with Crippen LogP contribution >= 0.6 is 0 Å². The molecule has 0 amide bonds. The third kappa shape index (κ3) is 4.54. The molecule has 0 unspecified atom stereocenters. The summed E-state index contributed by atoms with van der Waals surface area (Å²) in [5.41, 5.74) is 0.539. The fourth-order valence-electron chi connectivity index (χ4n) is 4.62. The maximum Gasteiger partial charge on any atom is 0.243 e. The number of anilines is 2. The van der Waals surface area contributed by atoms with Crippen LogP contribution in [-0.4, -0.2) is 65.7 Å². The zero-order valence-electron chi connectivity index (χ0n) is 20.1. The number of methoxy groups -OCH3 is 2. The van der Waals surface area contributed by atoms with Crippen molar-refractivity contribution < 1.29 is 22.3 Å². The number of piperidine rings is 1. The van der Waals surface area contributed by atoms with Crippen LogP contribution in [0.2, 0.25) is 0 Å². The van der Waals surface area contributed by atoms with Gasteiger partial charge in [0.25, 0.3) is 0 Å². The van der Waals surface area contributed by atoms with E-state index in [-0.39, 0.29) is 18.4 Å². The molecule has 36 heavy (non-hydrogen) atoms. The van der Waals surface area contributed by atoms with E-state index in [1.54, 1.807) is 41.9 Å². The van der Waals surface area contributed by atoms with Crippen molar-refractivity contribution in [1.29, 1.82) is 0 Å². The largest absolute Gasteiger partial charge is 0.494 e. The highest BCUT2D eigenvalue weighted by Gasteiger charge is 2.35. The smallest absolute Gasteiger partial charge is 0.243 e. The molecule has 1 atom stereocenters. The van der Waals surface area contributed by atoms with Gasteiger partial charge in [-0.2, -0.15) is 0 Å². The van der Waals surface area contributed by atoms with Crippen molar-refractivity contribution in [1.82, 2.24) is 24.7 Å². The molecule has 3 aromatic rings. The first-order valence-electron chi connectivity index (χ1n) is 11.8. The number of hydrogen-bond acceptors (Lipinski definition) is 9. The minimum Gasteiger partial charge on any atom is -0.494 e. The molecule has 1 aliphatic carbocycles. The number of ether oxygens (including phenoxy) is 2. The van der Waals surface area contributed by atoms with Gasteiger partial charge in [-0.1, -0.05) is 12.5 Å². The normalized spacial score (nSPS) is 18.5. The van der Waals surface area contributed by atoms with Crippen LogP contribution in [0.25, 0.3) is 5.69 Å². The number of para-hydroxylation sites is 1. The first-order chi connectivity index (χ1) is 17.4. The zero-order chi connectivity index (χ0) is 25.3. The molecule has 1 N–H and O–H groups in total. The Hall–Kier alpha value is -3.48. The summed E-state index contributed by atoms with van der Waals surface area (Å²) in [5, 5.41) is 7.87. The molecular weight excluding hydrogens is 489 g/mol. The Morgan fingerprint density at radius 2 is 1.72 bits per heavy atom. The van der Waals surface area contributed by atoms with Crippen molar-refractivity contribution in [2.45, 2.75) is 43.3 Å². The molecule has 2 aliphatic rings. The Kier molecular flexibility index (Phi) is 6.65. The predicted octanol–water partition coefficient (Wildman–Crippen LogP) is 2.89. The summed E-state index contributed by atoms with van der Waals surface area (Å²) in [5.74, 6) is 1.66. The average molecular weight is 518 g/mol. The molecule has 3 heterocycles. The first-order valence-corrected chi connectivity index (χ1v) is 13.4. The van der Waals surface area contributed by atoms with Crippen molar-refractivity contribution in [3.8, 4) is 17.2 Å². The minimum absolute atomic E-state index is 0.0786. The van der Waals surface area contributed by atoms with Crippen molar-refractivity contribution in [3.05, 3.63) is 42.2 Å². The third-order valence-corrected chi connectivity index (χ3v) is 8.45. The summed E-state index contributed by atoms with van der Waals surface area (Å²) in [6, 6.07) is 5.36. The molecule has 0 radical (unpaired) electrons. The van der Waals surface area contributed by atoms with Crippen molar-refractivity contribution in [2.75, 3.05) is 36.9 Å². The van der Waals surface area contributed by atoms with E-state index >= 15 is 0 Å². The van der Waals surface area contributed by atoms with E-state index in [1.165, 1.54) is 0 Å². The Balaban J connectivity index is 1.48. The number of sulfonamides is 1. The molecule has 13 heteroatoms. The standard InChI is InChI=1S/C23H28FN7O4S/c1-34-18-9-4-10-19(35-2)20(18)31-21(15-6-3-7-15)27-28-23(31)29-36(32,33)17-8-5-11-30(14-17)22-25-12-16(24)13-26-22/h4,9-10,12-13,15,17H,3,5-8,11,14H2,1-2H3,(H,28,29)/t17-/m1/s1. The monoisotopic (exact) mass is 517 g/mol. The predicted molar refractivity (Wildman–Crippen MR) is 131 cm³/mol. The highest BCUT2D eigenvalue weighted by atomic mass is 32.2. The zero-order valence-corrected chi connectivity index (χ0v) is 20.9. The van der Waals surface area contributed by atoms with Gasteiger partial charge in [-0.3, -0.25) is 9.29 Å². The third-order valence-electron chi connectivity index (χ3n) is 6.72. The number of nitrogens with one attached hydrogen (secondary N) is 1. The van der Waals surface area contributed by atoms with E-state index in [9.17, 15) is 12.8 Å². The maximum atomic E-state index is 13.6. The molecular formula is C23H28FN7O4S. The molecule has 11 nitrogen and oxygen atoms in total. The number of halogens is 1. The molecule has 5 rings (SSSR count). The van der Waals surface area contributed by atoms with Gasteiger partial charge in [-0.05, 0) is 37.8 Å². The van der Waals surface area contributed by atoms with E-state index < -0.39 is 21.1 Å². The average Bonchev–Trinajstić information content (AvgIpc) is 3.24. The van der Waals surface area contributed by atoms with Crippen LogP contribution in [0.5, 0.6) is 11.5 Å². The summed E-state index contributed by atoms with van der Waals surface area (Å²) in [4.78, 5) is 9.76. The summed E-state index contributed by atoms with van der Waals surface area (Å²) < 4.78 is 55.9. The minimum atomic E-state index is -3.88. The summed E-state index contributed by atoms with van der Waals surface area (Å²) >= 11 is 0. The number of nitrogens with zero attached hydrogens (tertiary/aromatic N) is 6. The molecule has 2 fully saturated rings. The van der Waals surface area contributed by atoms with Gasteiger partial charge in [-0.15, -0.1) is 10.2 Å². The second kappa shape index (κ2) is 9.88. The summed E-state index contributed by atoms with van der Waals surface area (Å²) in [6.45, 7) is 0.751. The topological polar surface area (TPSA) is 124 Å². The Bertz CT molecular complexity index is 1310. The van der Waals surface area contributed by atoms with E-state index in [2.05, 4.69) is 24.9 Å². The Morgan fingerprint density at radius 1 is 1.03 bits per heavy atom. The number of rotatable bonds is 8. The summed E-state index contributed by atoms with van der Waals surface area (Å²) in [6.07, 6.45) is 6.18. The van der Waals surface area contributed by atoms with Gasteiger partial charge in [0.05, 0.1) is 31.9 Å². The molecule has 0 spiro atoms. The van der Waals surface area contributed by atoms with Gasteiger partial charge in [-0.25, -0.2) is 22.8 Å². The SMILES string of the molecule is COc1cccc(OC)c1-n1c(NS(=O)(=O)[C@@H]2CCCN(c3ncc(F)cn3)C2)nnc1C1CCC1. The fourth-order valence-corrected chi connectivity index (χ4v) is 6.02. The molecule has 0 bridgehead atoms.